The number of aryl methyl sites for hydroxylation is 1. The molecule has 28 heavy (non-hydrogen) atoms. The monoisotopic (exact) mass is 413 g/mol. The number of thiazole rings is 1. The maximum absolute atomic E-state index is 13.7. The summed E-state index contributed by atoms with van der Waals surface area (Å²) < 4.78 is 27.5. The quantitative estimate of drug-likeness (QED) is 0.462. The molecule has 0 spiro atoms. The van der Waals surface area contributed by atoms with E-state index in [2.05, 4.69) is 21.4 Å². The summed E-state index contributed by atoms with van der Waals surface area (Å²) in [4.78, 5) is 21.8. The number of carbonyl (C=O) groups excluding carboxylic acids is 1. The molecule has 1 amide bonds. The summed E-state index contributed by atoms with van der Waals surface area (Å²) in [6.45, 7) is 2.01. The number of pyridine rings is 1. The molecule has 0 fully saturated rings. The van der Waals surface area contributed by atoms with Gasteiger partial charge in [-0.2, -0.15) is 0 Å². The number of hydrogen-bond donors (Lipinski definition) is 1. The number of benzene rings is 1. The zero-order valence-electron chi connectivity index (χ0n) is 14.6. The zero-order valence-corrected chi connectivity index (χ0v) is 16.2. The molecule has 4 nitrogen and oxygen atoms in total. The second-order valence-corrected chi connectivity index (χ2v) is 7.96. The number of anilines is 1. The van der Waals surface area contributed by atoms with E-state index in [1.54, 1.807) is 22.9 Å². The maximum Gasteiger partial charge on any atom is 0.262 e. The van der Waals surface area contributed by atoms with Crippen molar-refractivity contribution >= 4 is 33.6 Å². The summed E-state index contributed by atoms with van der Waals surface area (Å²) in [7, 11) is 0. The largest absolute Gasteiger partial charge is 0.313 e. The Morgan fingerprint density at radius 3 is 2.50 bits per heavy atom. The van der Waals surface area contributed by atoms with Crippen LogP contribution in [0.15, 0.2) is 54.4 Å². The van der Waals surface area contributed by atoms with Crippen LogP contribution in [0.2, 0.25) is 0 Å². The Hall–Kier alpha value is -2.97. The van der Waals surface area contributed by atoms with Crippen LogP contribution in [0.3, 0.4) is 0 Å². The molecule has 0 atom stereocenters. The number of rotatable bonds is 4. The van der Waals surface area contributed by atoms with Gasteiger partial charge in [0, 0.05) is 11.1 Å². The Bertz CT molecular complexity index is 1140. The molecule has 1 aromatic carbocycles. The number of halogens is 2. The van der Waals surface area contributed by atoms with E-state index < -0.39 is 23.1 Å². The minimum Gasteiger partial charge on any atom is -0.313 e. The van der Waals surface area contributed by atoms with Crippen LogP contribution in [-0.4, -0.2) is 15.9 Å². The van der Waals surface area contributed by atoms with Crippen LogP contribution in [0, 0.1) is 18.6 Å². The summed E-state index contributed by atoms with van der Waals surface area (Å²) in [5, 5.41) is 3.05. The first kappa shape index (κ1) is 18.4. The highest BCUT2D eigenvalue weighted by atomic mass is 32.1. The predicted molar refractivity (Wildman–Crippen MR) is 108 cm³/mol. The van der Waals surface area contributed by atoms with E-state index in [4.69, 9.17) is 0 Å². The van der Waals surface area contributed by atoms with Crippen LogP contribution in [-0.2, 0) is 0 Å². The molecule has 0 radical (unpaired) electrons. The van der Waals surface area contributed by atoms with Crippen molar-refractivity contribution in [3.8, 4) is 20.9 Å². The van der Waals surface area contributed by atoms with E-state index in [-0.39, 0.29) is 0 Å². The van der Waals surface area contributed by atoms with Gasteiger partial charge < -0.3 is 5.32 Å². The van der Waals surface area contributed by atoms with Crippen molar-refractivity contribution in [3.05, 3.63) is 77.2 Å². The highest BCUT2D eigenvalue weighted by Gasteiger charge is 2.19. The van der Waals surface area contributed by atoms with E-state index in [0.717, 1.165) is 38.8 Å². The van der Waals surface area contributed by atoms with Gasteiger partial charge in [0.15, 0.2) is 11.6 Å². The SMILES string of the molecule is Cc1ccc(-c2cncs2)cc1-c1ccc(NC(=O)c2c(F)cncc2F)s1. The summed E-state index contributed by atoms with van der Waals surface area (Å²) in [6.07, 6.45) is 3.44. The lowest BCUT2D eigenvalue weighted by molar-refractivity contribution is 0.101. The second kappa shape index (κ2) is 7.57. The van der Waals surface area contributed by atoms with Crippen molar-refractivity contribution in [1.29, 1.82) is 0 Å². The van der Waals surface area contributed by atoms with Gasteiger partial charge in [0.05, 0.1) is 27.8 Å². The highest BCUT2D eigenvalue weighted by Crippen LogP contribution is 2.36. The summed E-state index contributed by atoms with van der Waals surface area (Å²) in [6, 6.07) is 9.73. The van der Waals surface area contributed by atoms with Gasteiger partial charge in [0.25, 0.3) is 5.91 Å². The fourth-order valence-corrected chi connectivity index (χ4v) is 4.35. The van der Waals surface area contributed by atoms with E-state index in [1.165, 1.54) is 11.3 Å². The second-order valence-electron chi connectivity index (χ2n) is 5.99. The third-order valence-electron chi connectivity index (χ3n) is 4.14. The first-order valence-corrected chi connectivity index (χ1v) is 9.92. The lowest BCUT2D eigenvalue weighted by Crippen LogP contribution is -2.15. The van der Waals surface area contributed by atoms with Gasteiger partial charge in [-0.3, -0.25) is 14.8 Å². The molecule has 3 aromatic heterocycles. The van der Waals surface area contributed by atoms with Crippen LogP contribution >= 0.6 is 22.7 Å². The number of amides is 1. The molecule has 8 heteroatoms. The fourth-order valence-electron chi connectivity index (χ4n) is 2.75. The minimum atomic E-state index is -0.998. The predicted octanol–water partition coefficient (Wildman–Crippen LogP) is 5.77. The molecular weight excluding hydrogens is 400 g/mol. The maximum atomic E-state index is 13.7. The van der Waals surface area contributed by atoms with Gasteiger partial charge >= 0.3 is 0 Å². The van der Waals surface area contributed by atoms with Crippen LogP contribution in [0.5, 0.6) is 0 Å². The summed E-state index contributed by atoms with van der Waals surface area (Å²) in [5.41, 5.74) is 4.30. The molecule has 4 rings (SSSR count). The molecule has 3 heterocycles. The smallest absolute Gasteiger partial charge is 0.262 e. The molecule has 0 saturated heterocycles. The van der Waals surface area contributed by atoms with Crippen molar-refractivity contribution in [2.45, 2.75) is 6.92 Å². The molecule has 0 bridgehead atoms. The molecule has 0 aliphatic rings. The average Bonchev–Trinajstić information content (AvgIpc) is 3.34. The number of carbonyl (C=O) groups is 1. The van der Waals surface area contributed by atoms with E-state index in [9.17, 15) is 13.6 Å². The molecule has 0 aliphatic carbocycles. The summed E-state index contributed by atoms with van der Waals surface area (Å²) in [5.74, 6) is -2.84. The number of hydrogen-bond acceptors (Lipinski definition) is 5. The van der Waals surface area contributed by atoms with E-state index >= 15 is 0 Å². The van der Waals surface area contributed by atoms with Gasteiger partial charge in [-0.1, -0.05) is 12.1 Å². The molecule has 0 aliphatic heterocycles. The first-order valence-electron chi connectivity index (χ1n) is 8.23. The Balaban J connectivity index is 1.62. The van der Waals surface area contributed by atoms with Crippen LogP contribution in [0.25, 0.3) is 20.9 Å². The molecule has 0 unspecified atom stereocenters. The zero-order chi connectivity index (χ0) is 19.7. The summed E-state index contributed by atoms with van der Waals surface area (Å²) >= 11 is 2.89. The van der Waals surface area contributed by atoms with Crippen LogP contribution in [0.4, 0.5) is 13.8 Å². The van der Waals surface area contributed by atoms with Crippen LogP contribution < -0.4 is 5.32 Å². The Morgan fingerprint density at radius 1 is 1.00 bits per heavy atom. The fraction of sp³-hybridized carbons (Fsp3) is 0.0500. The topological polar surface area (TPSA) is 54.9 Å². The molecule has 1 N–H and O–H groups in total. The normalized spacial score (nSPS) is 10.8. The van der Waals surface area contributed by atoms with Crippen molar-refractivity contribution in [2.75, 3.05) is 5.32 Å². The molecule has 140 valence electrons. The van der Waals surface area contributed by atoms with Crippen molar-refractivity contribution in [1.82, 2.24) is 9.97 Å². The van der Waals surface area contributed by atoms with Gasteiger partial charge in [0.1, 0.15) is 5.56 Å². The van der Waals surface area contributed by atoms with Crippen molar-refractivity contribution in [2.24, 2.45) is 0 Å². The Labute approximate surface area is 167 Å². The molecule has 0 saturated carbocycles. The van der Waals surface area contributed by atoms with Crippen LogP contribution in [0.1, 0.15) is 15.9 Å². The molecule has 4 aromatic rings. The standard InChI is InChI=1S/C20H13F2N3OS2/c1-11-2-3-12(17-9-24-10-27-17)6-13(11)16-4-5-18(28-16)25-20(26)19-14(21)7-23-8-15(19)22/h2-10H,1H3,(H,25,26). The Morgan fingerprint density at radius 2 is 1.79 bits per heavy atom. The van der Waals surface area contributed by atoms with E-state index in [0.29, 0.717) is 5.00 Å². The number of nitrogens with one attached hydrogen (secondary N) is 1. The van der Waals surface area contributed by atoms with E-state index in [1.807, 2.05) is 31.3 Å². The lowest BCUT2D eigenvalue weighted by atomic mass is 10.0. The first-order chi connectivity index (χ1) is 13.5. The highest BCUT2D eigenvalue weighted by molar-refractivity contribution is 7.19. The number of aromatic nitrogens is 2. The van der Waals surface area contributed by atoms with Gasteiger partial charge in [-0.05, 0) is 41.8 Å². The third-order valence-corrected chi connectivity index (χ3v) is 6.00. The lowest BCUT2D eigenvalue weighted by Gasteiger charge is -2.07. The molecular formula is C20H13F2N3OS2. The number of thiophene rings is 1. The average molecular weight is 413 g/mol. The Kier molecular flexibility index (Phi) is 4.97. The van der Waals surface area contributed by atoms with Crippen molar-refractivity contribution < 1.29 is 13.6 Å². The third kappa shape index (κ3) is 3.56. The van der Waals surface area contributed by atoms with Gasteiger partial charge in [-0.15, -0.1) is 22.7 Å². The van der Waals surface area contributed by atoms with Gasteiger partial charge in [0.2, 0.25) is 0 Å². The van der Waals surface area contributed by atoms with Crippen molar-refractivity contribution in [3.63, 3.8) is 0 Å². The minimum absolute atomic E-state index is 0.498. The van der Waals surface area contributed by atoms with Gasteiger partial charge in [-0.25, -0.2) is 8.78 Å². The number of nitrogens with zero attached hydrogens (tertiary/aromatic N) is 2.